The van der Waals surface area contributed by atoms with Crippen LogP contribution in [0.4, 0.5) is 30.7 Å². The molecule has 0 aliphatic heterocycles. The highest BCUT2D eigenvalue weighted by Gasteiger charge is 2.36. The van der Waals surface area contributed by atoms with Crippen molar-refractivity contribution in [2.75, 3.05) is 14.2 Å². The first-order valence-corrected chi connectivity index (χ1v) is 10.4. The molecule has 3 aromatic rings. The first-order chi connectivity index (χ1) is 18.6. The quantitative estimate of drug-likeness (QED) is 0.258. The van der Waals surface area contributed by atoms with E-state index in [2.05, 4.69) is 9.97 Å². The molecule has 2 N–H and O–H groups in total. The Balaban J connectivity index is 0.000000282. The lowest BCUT2D eigenvalue weighted by Crippen LogP contribution is -2.11. The van der Waals surface area contributed by atoms with Crippen molar-refractivity contribution in [3.05, 3.63) is 76.6 Å². The Labute approximate surface area is 220 Å². The normalized spacial score (nSPS) is 11.4. The van der Waals surface area contributed by atoms with Crippen LogP contribution in [0.15, 0.2) is 48.5 Å². The van der Waals surface area contributed by atoms with Crippen molar-refractivity contribution in [2.24, 2.45) is 0 Å². The van der Waals surface area contributed by atoms with Gasteiger partial charge >= 0.3 is 30.3 Å². The van der Waals surface area contributed by atoms with E-state index in [1.807, 2.05) is 0 Å². The third kappa shape index (κ3) is 8.57. The molecule has 0 fully saturated rings. The van der Waals surface area contributed by atoms with Gasteiger partial charge in [0.05, 0.1) is 31.4 Å². The van der Waals surface area contributed by atoms with Gasteiger partial charge in [0.1, 0.15) is 17.1 Å². The second kappa shape index (κ2) is 12.8. The molecule has 3 rings (SSSR count). The summed E-state index contributed by atoms with van der Waals surface area (Å²) in [7, 11) is 2.77. The SMILES string of the molecule is COc1cc(OC)nc(Oc2cccc(F)c2C(=O)O)n1.O=C(O)/C=C/c1cc(C(F)(F)F)ccc1C(F)(F)F. The number of carbonyl (C=O) groups is 2. The Kier molecular flexibility index (Phi) is 10.0. The number of carboxylic acids is 2. The monoisotopic (exact) mass is 578 g/mol. The van der Waals surface area contributed by atoms with E-state index < -0.39 is 52.4 Å². The van der Waals surface area contributed by atoms with Crippen LogP contribution in [-0.4, -0.2) is 46.3 Å². The van der Waals surface area contributed by atoms with Crippen LogP contribution in [0.1, 0.15) is 27.0 Å². The number of halogens is 7. The Bertz CT molecular complexity index is 1390. The summed E-state index contributed by atoms with van der Waals surface area (Å²) >= 11 is 0. The topological polar surface area (TPSA) is 128 Å². The molecule has 2 aromatic carbocycles. The van der Waals surface area contributed by atoms with Gasteiger partial charge in [-0.25, -0.2) is 14.0 Å². The standard InChI is InChI=1S/C13H11FN2O5.C11H6F6O2/c1-19-9-6-10(20-2)16-13(15-9)21-8-5-3-4-7(14)11(8)12(17)18;12-10(13,14)7-2-3-8(11(15,16)17)6(5-7)1-4-9(18)19/h3-6H,1-2H3,(H,17,18);1-5H,(H,18,19)/b;4-1+. The summed E-state index contributed by atoms with van der Waals surface area (Å²) in [5.74, 6) is -3.86. The zero-order valence-corrected chi connectivity index (χ0v) is 20.2. The highest BCUT2D eigenvalue weighted by Crippen LogP contribution is 2.37. The van der Waals surface area contributed by atoms with Crippen molar-refractivity contribution in [3.63, 3.8) is 0 Å². The number of hydrogen-bond acceptors (Lipinski definition) is 7. The molecule has 214 valence electrons. The minimum atomic E-state index is -4.87. The van der Waals surface area contributed by atoms with Gasteiger partial charge in [-0.05, 0) is 42.0 Å². The van der Waals surface area contributed by atoms with Crippen molar-refractivity contribution in [1.82, 2.24) is 9.97 Å². The molecule has 0 aliphatic rings. The van der Waals surface area contributed by atoms with Crippen molar-refractivity contribution < 1.29 is 64.7 Å². The van der Waals surface area contributed by atoms with Crippen molar-refractivity contribution >= 4 is 18.0 Å². The molecule has 9 nitrogen and oxygen atoms in total. The largest absolute Gasteiger partial charge is 0.481 e. The average Bonchev–Trinajstić information content (AvgIpc) is 2.86. The van der Waals surface area contributed by atoms with Crippen LogP contribution in [0.3, 0.4) is 0 Å². The van der Waals surface area contributed by atoms with Gasteiger partial charge in [0.2, 0.25) is 11.8 Å². The zero-order valence-electron chi connectivity index (χ0n) is 20.2. The fraction of sp³-hybridized carbons (Fsp3) is 0.167. The highest BCUT2D eigenvalue weighted by atomic mass is 19.4. The number of ether oxygens (including phenoxy) is 3. The van der Waals surface area contributed by atoms with Gasteiger partial charge in [0.15, 0.2) is 0 Å². The maximum absolute atomic E-state index is 13.5. The van der Waals surface area contributed by atoms with Crippen molar-refractivity contribution in [2.45, 2.75) is 12.4 Å². The van der Waals surface area contributed by atoms with E-state index in [1.54, 1.807) is 0 Å². The summed E-state index contributed by atoms with van der Waals surface area (Å²) < 4.78 is 103. The number of rotatable bonds is 7. The molecule has 0 saturated heterocycles. The van der Waals surface area contributed by atoms with Crippen LogP contribution in [0.2, 0.25) is 0 Å². The number of nitrogens with zero attached hydrogens (tertiary/aromatic N) is 2. The number of benzene rings is 2. The lowest BCUT2D eigenvalue weighted by Gasteiger charge is -2.13. The van der Waals surface area contributed by atoms with Gasteiger partial charge in [-0.15, -0.1) is 0 Å². The van der Waals surface area contributed by atoms with Crippen molar-refractivity contribution in [1.29, 1.82) is 0 Å². The predicted molar refractivity (Wildman–Crippen MR) is 122 cm³/mol. The lowest BCUT2D eigenvalue weighted by atomic mass is 10.0. The predicted octanol–water partition coefficient (Wildman–Crippen LogP) is 5.95. The molecule has 16 heteroatoms. The number of hydrogen-bond donors (Lipinski definition) is 2. The third-order valence-corrected chi connectivity index (χ3v) is 4.56. The van der Waals surface area contributed by atoms with Gasteiger partial charge in [-0.1, -0.05) is 6.07 Å². The van der Waals surface area contributed by atoms with E-state index >= 15 is 0 Å². The van der Waals surface area contributed by atoms with Gasteiger partial charge < -0.3 is 24.4 Å². The summed E-state index contributed by atoms with van der Waals surface area (Å²) in [6.45, 7) is 0. The first kappa shape index (κ1) is 31.3. The molecule has 1 aromatic heterocycles. The molecule has 0 bridgehead atoms. The minimum Gasteiger partial charge on any atom is -0.481 e. The summed E-state index contributed by atoms with van der Waals surface area (Å²) in [4.78, 5) is 29.0. The maximum Gasteiger partial charge on any atom is 0.416 e. The Hall–Kier alpha value is -4.89. The number of carboxylic acid groups (broad SMARTS) is 2. The Morgan fingerprint density at radius 3 is 1.95 bits per heavy atom. The molecule has 0 spiro atoms. The number of alkyl halides is 6. The fourth-order valence-corrected chi connectivity index (χ4v) is 2.83. The number of methoxy groups -OCH3 is 2. The lowest BCUT2D eigenvalue weighted by molar-refractivity contribution is -0.141. The van der Waals surface area contributed by atoms with E-state index in [4.69, 9.17) is 24.4 Å². The molecule has 0 aliphatic carbocycles. The second-order valence-electron chi connectivity index (χ2n) is 7.22. The summed E-state index contributed by atoms with van der Waals surface area (Å²) in [5, 5.41) is 17.3. The molecule has 0 saturated carbocycles. The summed E-state index contributed by atoms with van der Waals surface area (Å²) in [5.41, 5.74) is -4.09. The molecular weight excluding hydrogens is 561 g/mol. The Morgan fingerprint density at radius 2 is 1.48 bits per heavy atom. The maximum atomic E-state index is 13.5. The second-order valence-corrected chi connectivity index (χ2v) is 7.22. The summed E-state index contributed by atoms with van der Waals surface area (Å²) in [6.07, 6.45) is -8.87. The van der Waals surface area contributed by atoms with E-state index in [0.717, 1.165) is 6.07 Å². The van der Waals surface area contributed by atoms with Crippen LogP contribution in [0, 0.1) is 5.82 Å². The molecule has 0 amide bonds. The van der Waals surface area contributed by atoms with Gasteiger partial charge in [-0.3, -0.25) is 0 Å². The van der Waals surface area contributed by atoms with Crippen LogP contribution in [0.5, 0.6) is 23.5 Å². The van der Waals surface area contributed by atoms with E-state index in [1.165, 1.54) is 32.4 Å². The van der Waals surface area contributed by atoms with Crippen LogP contribution >= 0.6 is 0 Å². The van der Waals surface area contributed by atoms with E-state index in [-0.39, 0.29) is 35.7 Å². The van der Waals surface area contributed by atoms with Gasteiger partial charge in [-0.2, -0.15) is 36.3 Å². The zero-order chi connectivity index (χ0) is 30.3. The molecule has 40 heavy (non-hydrogen) atoms. The molecule has 0 radical (unpaired) electrons. The molecule has 0 unspecified atom stereocenters. The van der Waals surface area contributed by atoms with Gasteiger partial charge in [0, 0.05) is 6.08 Å². The van der Waals surface area contributed by atoms with E-state index in [0.29, 0.717) is 18.2 Å². The molecular formula is C24H17F7N2O7. The van der Waals surface area contributed by atoms with Gasteiger partial charge in [0.25, 0.3) is 0 Å². The molecule has 0 atom stereocenters. The smallest absolute Gasteiger partial charge is 0.416 e. The van der Waals surface area contributed by atoms with E-state index in [9.17, 15) is 40.3 Å². The Morgan fingerprint density at radius 1 is 0.875 bits per heavy atom. The van der Waals surface area contributed by atoms with Crippen LogP contribution in [-0.2, 0) is 17.1 Å². The highest BCUT2D eigenvalue weighted by molar-refractivity contribution is 5.91. The van der Waals surface area contributed by atoms with Crippen LogP contribution in [0.25, 0.3) is 6.08 Å². The summed E-state index contributed by atoms with van der Waals surface area (Å²) in [6, 6.07) is 5.63. The van der Waals surface area contributed by atoms with Crippen molar-refractivity contribution in [3.8, 4) is 23.5 Å². The minimum absolute atomic E-state index is 0.158. The average molecular weight is 578 g/mol. The third-order valence-electron chi connectivity index (χ3n) is 4.56. The number of aromatic nitrogens is 2. The first-order valence-electron chi connectivity index (χ1n) is 10.4. The number of aliphatic carboxylic acids is 1. The fourth-order valence-electron chi connectivity index (χ4n) is 2.83. The van der Waals surface area contributed by atoms with Crippen LogP contribution < -0.4 is 14.2 Å². The molecule has 1 heterocycles. The number of aromatic carboxylic acids is 1.